The van der Waals surface area contributed by atoms with Crippen molar-refractivity contribution in [3.05, 3.63) is 150 Å². The van der Waals surface area contributed by atoms with Gasteiger partial charge in [-0.2, -0.15) is 0 Å². The molecule has 0 saturated heterocycles. The summed E-state index contributed by atoms with van der Waals surface area (Å²) in [6.07, 6.45) is 0. The first kappa shape index (κ1) is 30.5. The number of aromatic nitrogens is 1. The predicted octanol–water partition coefficient (Wildman–Crippen LogP) is 13.0. The van der Waals surface area contributed by atoms with E-state index in [9.17, 15) is 0 Å². The molecule has 0 aliphatic heterocycles. The second-order valence-corrected chi connectivity index (χ2v) is 16.3. The average Bonchev–Trinajstić information content (AvgIpc) is 3.51. The summed E-state index contributed by atoms with van der Waals surface area (Å²) in [6.45, 7) is 18.9. The Morgan fingerprint density at radius 1 is 0.479 bits per heavy atom. The Morgan fingerprint density at radius 2 is 1.02 bits per heavy atom. The standard InChI is InChI=1S/C47H45N/c1-45(2,3)34-28-39-36-25-32(19-22-40(36)47(7,8)44(39)41(29-34)46(4,5)6)33-21-24-43-38(27-33)37-26-31(30-15-11-9-12-16-30)20-23-42(37)48(43)35-17-13-10-14-18-35/h9-29H,1-8H3. The van der Waals surface area contributed by atoms with Gasteiger partial charge < -0.3 is 4.57 Å². The third-order valence-corrected chi connectivity index (χ3v) is 10.6. The van der Waals surface area contributed by atoms with Crippen molar-refractivity contribution in [3.63, 3.8) is 0 Å². The molecule has 8 rings (SSSR count). The number of hydrogen-bond acceptors (Lipinski definition) is 0. The maximum absolute atomic E-state index is 2.49. The van der Waals surface area contributed by atoms with Gasteiger partial charge >= 0.3 is 0 Å². The molecule has 1 aliphatic carbocycles. The molecule has 0 radical (unpaired) electrons. The maximum Gasteiger partial charge on any atom is 0.0541 e. The minimum absolute atomic E-state index is 0.0457. The highest BCUT2D eigenvalue weighted by Gasteiger charge is 2.40. The molecule has 0 atom stereocenters. The zero-order valence-corrected chi connectivity index (χ0v) is 29.6. The Bertz CT molecular complexity index is 2350. The quantitative estimate of drug-likeness (QED) is 0.185. The van der Waals surface area contributed by atoms with Crippen LogP contribution in [0, 0.1) is 0 Å². The third-order valence-electron chi connectivity index (χ3n) is 10.6. The predicted molar refractivity (Wildman–Crippen MR) is 207 cm³/mol. The largest absolute Gasteiger partial charge is 0.309 e. The first-order valence-corrected chi connectivity index (χ1v) is 17.4. The van der Waals surface area contributed by atoms with Crippen LogP contribution in [-0.2, 0) is 16.2 Å². The number of benzene rings is 6. The van der Waals surface area contributed by atoms with Crippen LogP contribution in [0.4, 0.5) is 0 Å². The first-order chi connectivity index (χ1) is 22.8. The van der Waals surface area contributed by atoms with Gasteiger partial charge in [-0.15, -0.1) is 0 Å². The maximum atomic E-state index is 2.49. The minimum atomic E-state index is -0.0663. The molecule has 1 heterocycles. The van der Waals surface area contributed by atoms with E-state index in [1.807, 2.05) is 0 Å². The Balaban J connectivity index is 1.35. The van der Waals surface area contributed by atoms with Crippen molar-refractivity contribution >= 4 is 21.8 Å². The van der Waals surface area contributed by atoms with Gasteiger partial charge in [-0.1, -0.05) is 140 Å². The molecule has 1 aromatic heterocycles. The van der Waals surface area contributed by atoms with Crippen LogP contribution in [0.15, 0.2) is 127 Å². The van der Waals surface area contributed by atoms with Crippen molar-refractivity contribution in [2.24, 2.45) is 0 Å². The van der Waals surface area contributed by atoms with Gasteiger partial charge in [0, 0.05) is 21.9 Å². The normalized spacial score (nSPS) is 14.0. The van der Waals surface area contributed by atoms with Crippen molar-refractivity contribution in [2.45, 2.75) is 71.6 Å². The Hall–Kier alpha value is -4.88. The van der Waals surface area contributed by atoms with Crippen molar-refractivity contribution in [1.82, 2.24) is 4.57 Å². The highest BCUT2D eigenvalue weighted by Crippen LogP contribution is 2.54. The molecule has 1 aliphatic rings. The fourth-order valence-electron chi connectivity index (χ4n) is 8.05. The number of fused-ring (bicyclic) bond motifs is 6. The summed E-state index contributed by atoms with van der Waals surface area (Å²) < 4.78 is 2.41. The second kappa shape index (κ2) is 10.6. The van der Waals surface area contributed by atoms with Crippen LogP contribution in [0.5, 0.6) is 0 Å². The van der Waals surface area contributed by atoms with Crippen LogP contribution in [-0.4, -0.2) is 4.57 Å². The summed E-state index contributed by atoms with van der Waals surface area (Å²) in [5.41, 5.74) is 17.2. The molecule has 1 heteroatoms. The van der Waals surface area contributed by atoms with Gasteiger partial charge in [-0.05, 0) is 109 Å². The molecule has 0 fully saturated rings. The summed E-state index contributed by atoms with van der Waals surface area (Å²) >= 11 is 0. The van der Waals surface area contributed by atoms with Gasteiger partial charge in [0.25, 0.3) is 0 Å². The van der Waals surface area contributed by atoms with Gasteiger partial charge in [-0.3, -0.25) is 0 Å². The minimum Gasteiger partial charge on any atom is -0.309 e. The van der Waals surface area contributed by atoms with Crippen molar-refractivity contribution in [1.29, 1.82) is 0 Å². The number of para-hydroxylation sites is 1. The lowest BCUT2D eigenvalue weighted by Gasteiger charge is -2.32. The monoisotopic (exact) mass is 623 g/mol. The molecule has 0 saturated carbocycles. The molecule has 0 bridgehead atoms. The molecular weight excluding hydrogens is 579 g/mol. The number of nitrogens with zero attached hydrogens (tertiary/aromatic N) is 1. The lowest BCUT2D eigenvalue weighted by Crippen LogP contribution is -2.24. The fraction of sp³-hybridized carbons (Fsp3) is 0.234. The van der Waals surface area contributed by atoms with Gasteiger partial charge in [-0.25, -0.2) is 0 Å². The highest BCUT2D eigenvalue weighted by atomic mass is 15.0. The zero-order valence-electron chi connectivity index (χ0n) is 29.6. The van der Waals surface area contributed by atoms with Crippen molar-refractivity contribution in [3.8, 4) is 39.1 Å². The molecule has 7 aromatic rings. The molecule has 1 nitrogen and oxygen atoms in total. The van der Waals surface area contributed by atoms with E-state index in [1.165, 1.54) is 83.1 Å². The van der Waals surface area contributed by atoms with Crippen molar-refractivity contribution in [2.75, 3.05) is 0 Å². The van der Waals surface area contributed by atoms with Gasteiger partial charge in [0.15, 0.2) is 0 Å². The lowest BCUT2D eigenvalue weighted by molar-refractivity contribution is 0.545. The highest BCUT2D eigenvalue weighted by molar-refractivity contribution is 6.11. The van der Waals surface area contributed by atoms with E-state index < -0.39 is 0 Å². The lowest BCUT2D eigenvalue weighted by atomic mass is 9.71. The fourth-order valence-corrected chi connectivity index (χ4v) is 8.05. The van der Waals surface area contributed by atoms with Gasteiger partial charge in [0.05, 0.1) is 11.0 Å². The zero-order chi connectivity index (χ0) is 33.6. The van der Waals surface area contributed by atoms with Crippen LogP contribution in [0.25, 0.3) is 60.9 Å². The van der Waals surface area contributed by atoms with E-state index in [-0.39, 0.29) is 16.2 Å². The van der Waals surface area contributed by atoms with E-state index in [2.05, 4.69) is 187 Å². The summed E-state index contributed by atoms with van der Waals surface area (Å²) in [5, 5.41) is 2.55. The van der Waals surface area contributed by atoms with E-state index in [4.69, 9.17) is 0 Å². The van der Waals surface area contributed by atoms with Gasteiger partial charge in [0.1, 0.15) is 0 Å². The van der Waals surface area contributed by atoms with Crippen molar-refractivity contribution < 1.29 is 0 Å². The molecule has 0 unspecified atom stereocenters. The number of rotatable bonds is 3. The smallest absolute Gasteiger partial charge is 0.0541 e. The molecule has 0 amide bonds. The topological polar surface area (TPSA) is 4.93 Å². The Morgan fingerprint density at radius 3 is 1.60 bits per heavy atom. The summed E-state index contributed by atoms with van der Waals surface area (Å²) in [7, 11) is 0. The Labute approximate surface area is 285 Å². The van der Waals surface area contributed by atoms with Crippen LogP contribution >= 0.6 is 0 Å². The van der Waals surface area contributed by atoms with Crippen LogP contribution < -0.4 is 0 Å². The SMILES string of the molecule is CC(C)(C)c1cc2c(c(C(C)(C)C)c1)C(C)(C)c1ccc(-c3ccc4c(c3)c3cc(-c5ccccc5)ccc3n4-c3ccccc3)cc1-2. The molecule has 0 spiro atoms. The second-order valence-electron chi connectivity index (χ2n) is 16.3. The van der Waals surface area contributed by atoms with E-state index in [0.717, 1.165) is 0 Å². The summed E-state index contributed by atoms with van der Waals surface area (Å²) in [4.78, 5) is 0. The van der Waals surface area contributed by atoms with E-state index in [1.54, 1.807) is 0 Å². The number of hydrogen-bond donors (Lipinski definition) is 0. The van der Waals surface area contributed by atoms with E-state index >= 15 is 0 Å². The summed E-state index contributed by atoms with van der Waals surface area (Å²) in [6, 6.07) is 47.6. The van der Waals surface area contributed by atoms with Gasteiger partial charge in [0.2, 0.25) is 0 Å². The molecule has 0 N–H and O–H groups in total. The van der Waals surface area contributed by atoms with E-state index in [0.29, 0.717) is 0 Å². The van der Waals surface area contributed by atoms with Crippen LogP contribution in [0.2, 0.25) is 0 Å². The molecular formula is C47H45N. The Kier molecular flexibility index (Phi) is 6.70. The third kappa shape index (κ3) is 4.74. The molecule has 48 heavy (non-hydrogen) atoms. The average molecular weight is 624 g/mol. The molecule has 238 valence electrons. The van der Waals surface area contributed by atoms with Crippen LogP contribution in [0.1, 0.15) is 77.6 Å². The van der Waals surface area contributed by atoms with Crippen LogP contribution in [0.3, 0.4) is 0 Å². The first-order valence-electron chi connectivity index (χ1n) is 17.4. The molecule has 6 aromatic carbocycles. The summed E-state index contributed by atoms with van der Waals surface area (Å²) in [5.74, 6) is 0.